The molecule has 0 unspecified atom stereocenters. The number of nitrogens with two attached hydrogens (primary N) is 1. The quantitative estimate of drug-likeness (QED) is 0.756. The summed E-state index contributed by atoms with van der Waals surface area (Å²) in [7, 11) is 0. The zero-order valence-electron chi connectivity index (χ0n) is 10.4. The van der Waals surface area contributed by atoms with E-state index in [1.165, 1.54) is 0 Å². The smallest absolute Gasteiger partial charge is 0.271 e. The maximum atomic E-state index is 11.2. The highest BCUT2D eigenvalue weighted by Crippen LogP contribution is 2.22. The van der Waals surface area contributed by atoms with Crippen molar-refractivity contribution in [1.82, 2.24) is 15.0 Å². The maximum Gasteiger partial charge on any atom is 0.271 e. The molecule has 0 aliphatic heterocycles. The first-order valence-electron chi connectivity index (χ1n) is 5.88. The Morgan fingerprint density at radius 3 is 2.63 bits per heavy atom. The fourth-order valence-electron chi connectivity index (χ4n) is 2.18. The van der Waals surface area contributed by atoms with Gasteiger partial charge >= 0.3 is 0 Å². The van der Waals surface area contributed by atoms with Gasteiger partial charge in [0.25, 0.3) is 5.91 Å². The standard InChI is InChI=1S/C14H12N4O/c1-9-13(14(15)19)16-17-18(9)12-8-4-6-10-5-2-3-7-11(10)12/h2-8H,1H3,(H2,15,19). The lowest BCUT2D eigenvalue weighted by Gasteiger charge is -2.07. The Morgan fingerprint density at radius 1 is 1.16 bits per heavy atom. The predicted octanol–water partition coefficient (Wildman–Crippen LogP) is 1.83. The third-order valence-electron chi connectivity index (χ3n) is 3.12. The first kappa shape index (κ1) is 11.4. The maximum absolute atomic E-state index is 11.2. The van der Waals surface area contributed by atoms with Gasteiger partial charge in [0.15, 0.2) is 5.69 Å². The summed E-state index contributed by atoms with van der Waals surface area (Å²) in [5, 5.41) is 10.0. The number of fused-ring (bicyclic) bond motifs is 1. The molecule has 0 saturated carbocycles. The molecule has 2 aromatic carbocycles. The zero-order chi connectivity index (χ0) is 13.4. The van der Waals surface area contributed by atoms with Gasteiger partial charge in [-0.05, 0) is 18.4 Å². The molecule has 0 fully saturated rings. The van der Waals surface area contributed by atoms with Crippen molar-refractivity contribution in [3.05, 3.63) is 53.9 Å². The Morgan fingerprint density at radius 2 is 1.89 bits per heavy atom. The van der Waals surface area contributed by atoms with Gasteiger partial charge in [-0.2, -0.15) is 0 Å². The van der Waals surface area contributed by atoms with Crippen LogP contribution >= 0.6 is 0 Å². The summed E-state index contributed by atoms with van der Waals surface area (Å²) in [5.41, 5.74) is 6.99. The zero-order valence-corrected chi connectivity index (χ0v) is 10.4. The molecule has 5 heteroatoms. The van der Waals surface area contributed by atoms with Gasteiger partial charge in [0, 0.05) is 5.39 Å². The Kier molecular flexibility index (Phi) is 2.52. The number of hydrogen-bond acceptors (Lipinski definition) is 3. The molecule has 3 aromatic rings. The third-order valence-corrected chi connectivity index (χ3v) is 3.12. The molecule has 0 aliphatic carbocycles. The van der Waals surface area contributed by atoms with E-state index in [1.807, 2.05) is 42.5 Å². The SMILES string of the molecule is Cc1c(C(N)=O)nnn1-c1cccc2ccccc12. The van der Waals surface area contributed by atoms with Crippen molar-refractivity contribution >= 4 is 16.7 Å². The number of primary amides is 1. The van der Waals surface area contributed by atoms with E-state index in [2.05, 4.69) is 10.3 Å². The van der Waals surface area contributed by atoms with Crippen molar-refractivity contribution < 1.29 is 4.79 Å². The largest absolute Gasteiger partial charge is 0.364 e. The van der Waals surface area contributed by atoms with E-state index in [0.29, 0.717) is 5.69 Å². The number of carbonyl (C=O) groups is 1. The van der Waals surface area contributed by atoms with E-state index < -0.39 is 5.91 Å². The molecule has 1 amide bonds. The molecule has 0 radical (unpaired) electrons. The molecule has 1 heterocycles. The Hall–Kier alpha value is -2.69. The first-order chi connectivity index (χ1) is 9.18. The van der Waals surface area contributed by atoms with Crippen LogP contribution in [0.1, 0.15) is 16.2 Å². The van der Waals surface area contributed by atoms with E-state index in [0.717, 1.165) is 16.5 Å². The van der Waals surface area contributed by atoms with Crippen molar-refractivity contribution in [1.29, 1.82) is 0 Å². The molecule has 0 bridgehead atoms. The number of rotatable bonds is 2. The van der Waals surface area contributed by atoms with Crippen LogP contribution in [-0.4, -0.2) is 20.9 Å². The van der Waals surface area contributed by atoms with Gasteiger partial charge in [-0.25, -0.2) is 4.68 Å². The van der Waals surface area contributed by atoms with Crippen molar-refractivity contribution in [2.24, 2.45) is 5.73 Å². The van der Waals surface area contributed by atoms with Crippen LogP contribution in [0.4, 0.5) is 0 Å². The highest BCUT2D eigenvalue weighted by atomic mass is 16.1. The second kappa shape index (κ2) is 4.20. The van der Waals surface area contributed by atoms with E-state index in [1.54, 1.807) is 11.6 Å². The topological polar surface area (TPSA) is 73.8 Å². The fraction of sp³-hybridized carbons (Fsp3) is 0.0714. The minimum absolute atomic E-state index is 0.202. The van der Waals surface area contributed by atoms with E-state index >= 15 is 0 Å². The molecule has 1 aromatic heterocycles. The summed E-state index contributed by atoms with van der Waals surface area (Å²) in [6.45, 7) is 1.78. The fourth-order valence-corrected chi connectivity index (χ4v) is 2.18. The number of benzene rings is 2. The average molecular weight is 252 g/mol. The molecule has 0 spiro atoms. The number of nitrogens with zero attached hydrogens (tertiary/aromatic N) is 3. The summed E-state index contributed by atoms with van der Waals surface area (Å²) in [6.07, 6.45) is 0. The summed E-state index contributed by atoms with van der Waals surface area (Å²) in [5.74, 6) is -0.566. The Bertz CT molecular complexity index is 771. The molecule has 94 valence electrons. The second-order valence-corrected chi connectivity index (χ2v) is 4.30. The molecule has 3 rings (SSSR count). The summed E-state index contributed by atoms with van der Waals surface area (Å²) in [6, 6.07) is 13.9. The van der Waals surface area contributed by atoms with Crippen molar-refractivity contribution in [2.75, 3.05) is 0 Å². The second-order valence-electron chi connectivity index (χ2n) is 4.30. The lowest BCUT2D eigenvalue weighted by molar-refractivity contribution is 0.0995. The molecule has 0 aliphatic rings. The van der Waals surface area contributed by atoms with E-state index in [-0.39, 0.29) is 5.69 Å². The van der Waals surface area contributed by atoms with Crippen LogP contribution in [-0.2, 0) is 0 Å². The average Bonchev–Trinajstić information content (AvgIpc) is 2.80. The first-order valence-corrected chi connectivity index (χ1v) is 5.88. The monoisotopic (exact) mass is 252 g/mol. The number of carbonyl (C=O) groups excluding carboxylic acids is 1. The Balaban J connectivity index is 2.28. The lowest BCUT2D eigenvalue weighted by Crippen LogP contribution is -2.13. The van der Waals surface area contributed by atoms with Crippen molar-refractivity contribution in [3.8, 4) is 5.69 Å². The van der Waals surface area contributed by atoms with Gasteiger partial charge in [0.1, 0.15) is 0 Å². The molecule has 5 nitrogen and oxygen atoms in total. The van der Waals surface area contributed by atoms with Gasteiger partial charge in [-0.15, -0.1) is 5.10 Å². The summed E-state index contributed by atoms with van der Waals surface area (Å²) in [4.78, 5) is 11.2. The molecule has 0 saturated heterocycles. The lowest BCUT2D eigenvalue weighted by atomic mass is 10.1. The van der Waals surface area contributed by atoms with Crippen LogP contribution in [0.25, 0.3) is 16.5 Å². The van der Waals surface area contributed by atoms with Gasteiger partial charge < -0.3 is 5.73 Å². The Labute approximate surface area is 109 Å². The van der Waals surface area contributed by atoms with Crippen molar-refractivity contribution in [2.45, 2.75) is 6.92 Å². The predicted molar refractivity (Wildman–Crippen MR) is 72.1 cm³/mol. The van der Waals surface area contributed by atoms with Crippen LogP contribution in [0.3, 0.4) is 0 Å². The minimum atomic E-state index is -0.566. The molecule has 19 heavy (non-hydrogen) atoms. The van der Waals surface area contributed by atoms with Crippen molar-refractivity contribution in [3.63, 3.8) is 0 Å². The van der Waals surface area contributed by atoms with Crippen LogP contribution in [0.15, 0.2) is 42.5 Å². The molecular formula is C14H12N4O. The highest BCUT2D eigenvalue weighted by Gasteiger charge is 2.15. The highest BCUT2D eigenvalue weighted by molar-refractivity contribution is 5.93. The van der Waals surface area contributed by atoms with E-state index in [4.69, 9.17) is 5.73 Å². The van der Waals surface area contributed by atoms with E-state index in [9.17, 15) is 4.79 Å². The van der Waals surface area contributed by atoms with Crippen LogP contribution in [0.5, 0.6) is 0 Å². The van der Waals surface area contributed by atoms with Crippen LogP contribution < -0.4 is 5.73 Å². The molecule has 0 atom stereocenters. The third kappa shape index (κ3) is 1.76. The molecular weight excluding hydrogens is 240 g/mol. The summed E-state index contributed by atoms with van der Waals surface area (Å²) >= 11 is 0. The minimum Gasteiger partial charge on any atom is -0.364 e. The number of aromatic nitrogens is 3. The molecule has 2 N–H and O–H groups in total. The normalized spacial score (nSPS) is 10.8. The van der Waals surface area contributed by atoms with Crippen LogP contribution in [0.2, 0.25) is 0 Å². The van der Waals surface area contributed by atoms with Gasteiger partial charge in [-0.3, -0.25) is 4.79 Å². The van der Waals surface area contributed by atoms with Gasteiger partial charge in [0.2, 0.25) is 0 Å². The number of hydrogen-bond donors (Lipinski definition) is 1. The van der Waals surface area contributed by atoms with Gasteiger partial charge in [-0.1, -0.05) is 41.6 Å². The van der Waals surface area contributed by atoms with Gasteiger partial charge in [0.05, 0.1) is 11.4 Å². The van der Waals surface area contributed by atoms with Crippen LogP contribution in [0, 0.1) is 6.92 Å². The summed E-state index contributed by atoms with van der Waals surface area (Å²) < 4.78 is 1.64. The number of amides is 1.